The van der Waals surface area contributed by atoms with Gasteiger partial charge in [0.25, 0.3) is 5.91 Å². The second kappa shape index (κ2) is 10.8. The van der Waals surface area contributed by atoms with Gasteiger partial charge in [-0.05, 0) is 25.7 Å². The van der Waals surface area contributed by atoms with Crippen LogP contribution in [0.3, 0.4) is 0 Å². The molecule has 0 aromatic rings. The summed E-state index contributed by atoms with van der Waals surface area (Å²) in [4.78, 5) is 21.0. The quantitative estimate of drug-likeness (QED) is 0.331. The lowest BCUT2D eigenvalue weighted by Crippen LogP contribution is -2.56. The summed E-state index contributed by atoms with van der Waals surface area (Å²) < 4.78 is 10.9. The number of halogens is 1. The average Bonchev–Trinajstić information content (AvgIpc) is 3.24. The first-order valence-corrected chi connectivity index (χ1v) is 9.72. The third-order valence-corrected chi connectivity index (χ3v) is 5.82. The van der Waals surface area contributed by atoms with E-state index in [1.54, 1.807) is 7.05 Å². The minimum atomic E-state index is -0.239. The Morgan fingerprint density at radius 2 is 1.85 bits per heavy atom. The maximum atomic E-state index is 12.5. The molecule has 0 bridgehead atoms. The molecule has 3 aliphatic rings. The number of aliphatic hydroxyl groups excluding tert-OH is 1. The third-order valence-electron chi connectivity index (χ3n) is 5.82. The smallest absolute Gasteiger partial charge is 0.251 e. The summed E-state index contributed by atoms with van der Waals surface area (Å²) in [6, 6.07) is 0. The summed E-state index contributed by atoms with van der Waals surface area (Å²) in [5.74, 6) is 0.972. The number of aliphatic hydroxyl groups is 1. The SMILES string of the molecule is CN=C(NCC1(CO)CCOCC1)N1CCN(C(=O)C2CCCO2)CC1.I. The minimum Gasteiger partial charge on any atom is -0.396 e. The number of amides is 1. The van der Waals surface area contributed by atoms with Gasteiger partial charge in [-0.2, -0.15) is 0 Å². The maximum absolute atomic E-state index is 12.5. The van der Waals surface area contributed by atoms with Gasteiger partial charge in [-0.25, -0.2) is 0 Å². The van der Waals surface area contributed by atoms with Crippen molar-refractivity contribution >= 4 is 35.8 Å². The molecule has 3 saturated heterocycles. The van der Waals surface area contributed by atoms with Crippen LogP contribution in [0.4, 0.5) is 0 Å². The first kappa shape index (κ1) is 22.6. The van der Waals surface area contributed by atoms with Crippen molar-refractivity contribution < 1.29 is 19.4 Å². The Morgan fingerprint density at radius 3 is 2.41 bits per heavy atom. The van der Waals surface area contributed by atoms with Crippen molar-refractivity contribution in [2.24, 2.45) is 10.4 Å². The van der Waals surface area contributed by atoms with Crippen LogP contribution >= 0.6 is 24.0 Å². The van der Waals surface area contributed by atoms with Crippen molar-refractivity contribution in [2.45, 2.75) is 31.8 Å². The first-order chi connectivity index (χ1) is 12.7. The van der Waals surface area contributed by atoms with Crippen LogP contribution in [0.2, 0.25) is 0 Å². The van der Waals surface area contributed by atoms with Crippen LogP contribution < -0.4 is 5.32 Å². The van der Waals surface area contributed by atoms with E-state index < -0.39 is 0 Å². The van der Waals surface area contributed by atoms with Crippen LogP contribution in [0.15, 0.2) is 4.99 Å². The molecular formula is C18H33IN4O4. The number of ether oxygens (including phenoxy) is 2. The van der Waals surface area contributed by atoms with E-state index in [1.165, 1.54) is 0 Å². The summed E-state index contributed by atoms with van der Waals surface area (Å²) in [6.07, 6.45) is 3.30. The molecule has 0 spiro atoms. The van der Waals surface area contributed by atoms with Gasteiger partial charge in [0.15, 0.2) is 5.96 Å². The Balaban J connectivity index is 0.00000261. The van der Waals surface area contributed by atoms with E-state index in [-0.39, 0.29) is 48.0 Å². The van der Waals surface area contributed by atoms with Crippen LogP contribution in [0.1, 0.15) is 25.7 Å². The Morgan fingerprint density at radius 1 is 1.19 bits per heavy atom. The molecule has 0 aromatic carbocycles. The van der Waals surface area contributed by atoms with Crippen LogP contribution in [-0.2, 0) is 14.3 Å². The second-order valence-corrected chi connectivity index (χ2v) is 7.49. The molecule has 3 aliphatic heterocycles. The van der Waals surface area contributed by atoms with Gasteiger partial charge in [0, 0.05) is 65.0 Å². The van der Waals surface area contributed by atoms with E-state index >= 15 is 0 Å². The second-order valence-electron chi connectivity index (χ2n) is 7.49. The molecule has 156 valence electrons. The molecule has 3 heterocycles. The molecule has 3 fully saturated rings. The zero-order valence-corrected chi connectivity index (χ0v) is 18.5. The number of carbonyl (C=O) groups excluding carboxylic acids is 1. The van der Waals surface area contributed by atoms with Crippen molar-refractivity contribution in [2.75, 3.05) is 66.2 Å². The Kier molecular flexibility index (Phi) is 9.03. The molecular weight excluding hydrogens is 463 g/mol. The molecule has 0 aliphatic carbocycles. The first-order valence-electron chi connectivity index (χ1n) is 9.72. The fourth-order valence-corrected chi connectivity index (χ4v) is 3.91. The highest BCUT2D eigenvalue weighted by molar-refractivity contribution is 14.0. The highest BCUT2D eigenvalue weighted by atomic mass is 127. The molecule has 8 nitrogen and oxygen atoms in total. The molecule has 3 rings (SSSR count). The van der Waals surface area contributed by atoms with Crippen molar-refractivity contribution in [3.05, 3.63) is 0 Å². The number of nitrogens with one attached hydrogen (secondary N) is 1. The number of carbonyl (C=O) groups is 1. The molecule has 0 radical (unpaired) electrons. The Labute approximate surface area is 178 Å². The molecule has 0 aromatic heterocycles. The van der Waals surface area contributed by atoms with Crippen LogP contribution in [0, 0.1) is 5.41 Å². The van der Waals surface area contributed by atoms with Crippen LogP contribution in [0.25, 0.3) is 0 Å². The fraction of sp³-hybridized carbons (Fsp3) is 0.889. The van der Waals surface area contributed by atoms with E-state index in [2.05, 4.69) is 15.2 Å². The molecule has 27 heavy (non-hydrogen) atoms. The fourth-order valence-electron chi connectivity index (χ4n) is 3.91. The van der Waals surface area contributed by atoms with E-state index in [4.69, 9.17) is 9.47 Å². The van der Waals surface area contributed by atoms with E-state index in [0.29, 0.717) is 39.5 Å². The van der Waals surface area contributed by atoms with Gasteiger partial charge < -0.3 is 29.7 Å². The van der Waals surface area contributed by atoms with Crippen molar-refractivity contribution in [3.63, 3.8) is 0 Å². The third kappa shape index (κ3) is 5.68. The summed E-state index contributed by atoms with van der Waals surface area (Å²) in [5.41, 5.74) is -0.133. The lowest BCUT2D eigenvalue weighted by atomic mass is 9.81. The van der Waals surface area contributed by atoms with Gasteiger partial charge in [0.05, 0.1) is 6.61 Å². The van der Waals surface area contributed by atoms with Crippen molar-refractivity contribution in [1.29, 1.82) is 0 Å². The van der Waals surface area contributed by atoms with Gasteiger partial charge in [-0.1, -0.05) is 0 Å². The molecule has 9 heteroatoms. The number of guanidine groups is 1. The van der Waals surface area contributed by atoms with Gasteiger partial charge in [-0.3, -0.25) is 9.79 Å². The Bertz CT molecular complexity index is 500. The van der Waals surface area contributed by atoms with E-state index in [1.807, 2.05) is 4.90 Å². The lowest BCUT2D eigenvalue weighted by Gasteiger charge is -2.40. The Hall–Kier alpha value is -0.650. The average molecular weight is 496 g/mol. The highest BCUT2D eigenvalue weighted by Gasteiger charge is 2.34. The van der Waals surface area contributed by atoms with Gasteiger partial charge in [-0.15, -0.1) is 24.0 Å². The van der Waals surface area contributed by atoms with Crippen molar-refractivity contribution in [3.8, 4) is 0 Å². The summed E-state index contributed by atoms with van der Waals surface area (Å²) in [7, 11) is 1.78. The molecule has 1 atom stereocenters. The monoisotopic (exact) mass is 496 g/mol. The van der Waals surface area contributed by atoms with Crippen molar-refractivity contribution in [1.82, 2.24) is 15.1 Å². The zero-order valence-electron chi connectivity index (χ0n) is 16.2. The maximum Gasteiger partial charge on any atom is 0.251 e. The van der Waals surface area contributed by atoms with E-state index in [9.17, 15) is 9.90 Å². The van der Waals surface area contributed by atoms with Gasteiger partial charge in [0.1, 0.15) is 6.10 Å². The van der Waals surface area contributed by atoms with Gasteiger partial charge >= 0.3 is 0 Å². The van der Waals surface area contributed by atoms with E-state index in [0.717, 1.165) is 44.7 Å². The van der Waals surface area contributed by atoms with Crippen LogP contribution in [0.5, 0.6) is 0 Å². The summed E-state index contributed by atoms with van der Waals surface area (Å²) >= 11 is 0. The number of nitrogens with zero attached hydrogens (tertiary/aromatic N) is 3. The normalized spacial score (nSPS) is 25.9. The lowest BCUT2D eigenvalue weighted by molar-refractivity contribution is -0.142. The zero-order chi connectivity index (χ0) is 18.4. The number of aliphatic imine (C=N–C) groups is 1. The molecule has 0 saturated carbocycles. The topological polar surface area (TPSA) is 86.6 Å². The predicted molar refractivity (Wildman–Crippen MR) is 113 cm³/mol. The minimum absolute atomic E-state index is 0. The number of hydrogen-bond acceptors (Lipinski definition) is 5. The summed E-state index contributed by atoms with van der Waals surface area (Å²) in [5, 5.41) is 13.3. The van der Waals surface area contributed by atoms with Gasteiger partial charge in [0.2, 0.25) is 0 Å². The molecule has 1 amide bonds. The molecule has 1 unspecified atom stereocenters. The number of piperazine rings is 1. The van der Waals surface area contributed by atoms with Crippen LogP contribution in [-0.4, -0.2) is 99.1 Å². The standard InChI is InChI=1S/C18H32N4O4.HI/c1-19-17(20-13-18(14-23)4-11-25-12-5-18)22-8-6-21(7-9-22)16(24)15-3-2-10-26-15;/h15,23H,2-14H2,1H3,(H,19,20);1H. The summed E-state index contributed by atoms with van der Waals surface area (Å²) in [6.45, 7) is 5.84. The number of rotatable bonds is 4. The molecule has 2 N–H and O–H groups in total. The predicted octanol–water partition coefficient (Wildman–Crippen LogP) is 0.292. The number of hydrogen-bond donors (Lipinski definition) is 2. The highest BCUT2D eigenvalue weighted by Crippen LogP contribution is 2.29. The largest absolute Gasteiger partial charge is 0.396 e.